The highest BCUT2D eigenvalue weighted by molar-refractivity contribution is 7.17. The smallest absolute Gasteiger partial charge is 0.341 e. The van der Waals surface area contributed by atoms with Gasteiger partial charge in [0, 0.05) is 17.0 Å². The molecule has 9 heteroatoms. The molecule has 0 bridgehead atoms. The van der Waals surface area contributed by atoms with Crippen molar-refractivity contribution in [3.05, 3.63) is 54.9 Å². The monoisotopic (exact) mass is 422 g/mol. The molecule has 1 aliphatic carbocycles. The van der Waals surface area contributed by atoms with Gasteiger partial charge in [-0.15, -0.1) is 11.3 Å². The number of thiophene rings is 1. The lowest BCUT2D eigenvalue weighted by Gasteiger charge is -2.19. The van der Waals surface area contributed by atoms with Gasteiger partial charge >= 0.3 is 5.97 Å². The minimum absolute atomic E-state index is 0.0286. The van der Waals surface area contributed by atoms with Crippen LogP contribution in [0.5, 0.6) is 0 Å². The first-order chi connectivity index (χ1) is 13.3. The lowest BCUT2D eigenvalue weighted by Crippen LogP contribution is -2.17. The summed E-state index contributed by atoms with van der Waals surface area (Å²) in [6.07, 6.45) is 2.85. The molecule has 0 saturated carbocycles. The van der Waals surface area contributed by atoms with Crippen LogP contribution in [-0.4, -0.2) is 23.4 Å². The van der Waals surface area contributed by atoms with E-state index in [0.717, 1.165) is 35.8 Å². The van der Waals surface area contributed by atoms with Gasteiger partial charge < -0.3 is 10.1 Å². The Kier molecular flexibility index (Phi) is 6.00. The fraction of sp³-hybridized carbons (Fsp3) is 0.368. The molecule has 7 nitrogen and oxygen atoms in total. The third kappa shape index (κ3) is 3.88. The molecule has 0 saturated heterocycles. The van der Waals surface area contributed by atoms with Crippen molar-refractivity contribution in [3.8, 4) is 0 Å². The van der Waals surface area contributed by atoms with Gasteiger partial charge in [-0.2, -0.15) is 0 Å². The molecule has 0 fully saturated rings. The lowest BCUT2D eigenvalue weighted by molar-refractivity contribution is -0.384. The Morgan fingerprint density at radius 2 is 2.18 bits per heavy atom. The maximum atomic E-state index is 12.7. The number of nitrogens with zero attached hydrogens (tertiary/aromatic N) is 1. The van der Waals surface area contributed by atoms with Gasteiger partial charge in [-0.05, 0) is 43.7 Å². The molecule has 1 N–H and O–H groups in total. The van der Waals surface area contributed by atoms with Gasteiger partial charge in [-0.25, -0.2) is 4.79 Å². The number of amides is 1. The number of esters is 1. The third-order valence-electron chi connectivity index (χ3n) is 4.67. The fourth-order valence-corrected chi connectivity index (χ4v) is 4.98. The highest BCUT2D eigenvalue weighted by atomic mass is 35.5. The molecule has 0 spiro atoms. The summed E-state index contributed by atoms with van der Waals surface area (Å²) in [7, 11) is 0. The molecule has 1 aromatic heterocycles. The number of benzene rings is 1. The Balaban J connectivity index is 1.97. The normalized spacial score (nSPS) is 15.6. The van der Waals surface area contributed by atoms with E-state index >= 15 is 0 Å². The Hall–Kier alpha value is -2.45. The molecule has 0 aliphatic heterocycles. The number of halogens is 1. The predicted octanol–water partition coefficient (Wildman–Crippen LogP) is 5.18. The summed E-state index contributed by atoms with van der Waals surface area (Å²) in [5.41, 5.74) is 1.25. The van der Waals surface area contributed by atoms with Crippen LogP contribution in [0, 0.1) is 10.1 Å². The lowest BCUT2D eigenvalue weighted by atomic mass is 9.86. The number of nitro benzene ring substituents is 1. The number of hydrogen-bond acceptors (Lipinski definition) is 6. The van der Waals surface area contributed by atoms with Crippen LogP contribution >= 0.6 is 22.9 Å². The molecule has 1 unspecified atom stereocenters. The minimum Gasteiger partial charge on any atom is -0.462 e. The van der Waals surface area contributed by atoms with Crippen molar-refractivity contribution in [2.24, 2.45) is 0 Å². The zero-order valence-electron chi connectivity index (χ0n) is 15.4. The van der Waals surface area contributed by atoms with E-state index in [1.54, 1.807) is 6.92 Å². The number of hydrogen-bond donors (Lipinski definition) is 1. The van der Waals surface area contributed by atoms with Crippen molar-refractivity contribution in [3.63, 3.8) is 0 Å². The number of non-ortho nitro benzene ring substituents is 1. The summed E-state index contributed by atoms with van der Waals surface area (Å²) < 4.78 is 5.21. The van der Waals surface area contributed by atoms with E-state index in [2.05, 4.69) is 12.2 Å². The number of nitrogens with one attached hydrogen (secondary N) is 1. The average molecular weight is 423 g/mol. The van der Waals surface area contributed by atoms with Crippen molar-refractivity contribution in [2.45, 2.75) is 39.0 Å². The Morgan fingerprint density at radius 1 is 1.43 bits per heavy atom. The zero-order valence-corrected chi connectivity index (χ0v) is 17.0. The molecule has 0 radical (unpaired) electrons. The first kappa shape index (κ1) is 20.3. The summed E-state index contributed by atoms with van der Waals surface area (Å²) >= 11 is 7.43. The molecule has 2 aromatic rings. The highest BCUT2D eigenvalue weighted by Gasteiger charge is 2.31. The first-order valence-corrected chi connectivity index (χ1v) is 10.1. The molecule has 1 aliphatic rings. The van der Waals surface area contributed by atoms with Crippen LogP contribution in [0.1, 0.15) is 63.8 Å². The van der Waals surface area contributed by atoms with Gasteiger partial charge in [0.05, 0.1) is 27.7 Å². The molecule has 28 heavy (non-hydrogen) atoms. The number of aryl methyl sites for hydroxylation is 1. The van der Waals surface area contributed by atoms with Crippen molar-refractivity contribution in [1.82, 2.24) is 0 Å². The van der Waals surface area contributed by atoms with Crippen LogP contribution in [0.15, 0.2) is 18.2 Å². The number of nitro groups is 1. The topological polar surface area (TPSA) is 98.5 Å². The van der Waals surface area contributed by atoms with E-state index in [1.807, 2.05) is 0 Å². The first-order valence-electron chi connectivity index (χ1n) is 8.91. The Bertz CT molecular complexity index is 956. The van der Waals surface area contributed by atoms with E-state index in [-0.39, 0.29) is 28.8 Å². The molecule has 3 rings (SSSR count). The molecule has 1 atom stereocenters. The molecule has 1 amide bonds. The van der Waals surface area contributed by atoms with Gasteiger partial charge in [-0.3, -0.25) is 14.9 Å². The van der Waals surface area contributed by atoms with Gasteiger partial charge in [-0.1, -0.05) is 18.5 Å². The van der Waals surface area contributed by atoms with Crippen LogP contribution in [-0.2, 0) is 11.2 Å². The van der Waals surface area contributed by atoms with E-state index < -0.39 is 16.8 Å². The Labute approximate surface area is 170 Å². The third-order valence-corrected chi connectivity index (χ3v) is 6.16. The summed E-state index contributed by atoms with van der Waals surface area (Å²) in [6, 6.07) is 3.65. The zero-order chi connectivity index (χ0) is 20.4. The fourth-order valence-electron chi connectivity index (χ4n) is 3.38. The summed E-state index contributed by atoms with van der Waals surface area (Å²) in [5.74, 6) is -0.788. The number of rotatable bonds is 5. The maximum absolute atomic E-state index is 12.7. The molecular formula is C19H19ClN2O5S. The van der Waals surface area contributed by atoms with Crippen LogP contribution < -0.4 is 5.32 Å². The van der Waals surface area contributed by atoms with E-state index in [9.17, 15) is 19.7 Å². The quantitative estimate of drug-likeness (QED) is 0.406. The number of ether oxygens (including phenoxy) is 1. The number of fused-ring (bicyclic) bond motifs is 1. The number of carbonyl (C=O) groups excluding carboxylic acids is 2. The second-order valence-corrected chi connectivity index (χ2v) is 8.04. The van der Waals surface area contributed by atoms with Crippen molar-refractivity contribution in [1.29, 1.82) is 0 Å². The van der Waals surface area contributed by atoms with Crippen LogP contribution in [0.25, 0.3) is 0 Å². The molecular weight excluding hydrogens is 404 g/mol. The maximum Gasteiger partial charge on any atom is 0.341 e. The number of carbonyl (C=O) groups is 2. The van der Waals surface area contributed by atoms with Gasteiger partial charge in [0.1, 0.15) is 5.00 Å². The summed E-state index contributed by atoms with van der Waals surface area (Å²) in [5, 5.41) is 14.0. The van der Waals surface area contributed by atoms with E-state index in [4.69, 9.17) is 16.3 Å². The summed E-state index contributed by atoms with van der Waals surface area (Å²) in [6.45, 7) is 4.03. The van der Waals surface area contributed by atoms with Crippen molar-refractivity contribution in [2.75, 3.05) is 11.9 Å². The standard InChI is InChI=1S/C19H19ClN2O5S/c1-3-27-19(24)16-15-10(2)5-4-6-14(15)28-18(16)21-17(23)12-8-7-11(22(25)26)9-13(12)20/h7-10H,3-6H2,1-2H3,(H,21,23). The van der Waals surface area contributed by atoms with Crippen molar-refractivity contribution >= 4 is 45.5 Å². The van der Waals surface area contributed by atoms with E-state index in [0.29, 0.717) is 10.6 Å². The average Bonchev–Trinajstić information content (AvgIpc) is 3.01. The largest absolute Gasteiger partial charge is 0.462 e. The number of anilines is 1. The van der Waals surface area contributed by atoms with Gasteiger partial charge in [0.15, 0.2) is 0 Å². The van der Waals surface area contributed by atoms with Crippen LogP contribution in [0.3, 0.4) is 0 Å². The second kappa shape index (κ2) is 8.28. The molecule has 1 aromatic carbocycles. The van der Waals surface area contributed by atoms with Gasteiger partial charge in [0.25, 0.3) is 11.6 Å². The Morgan fingerprint density at radius 3 is 2.82 bits per heavy atom. The van der Waals surface area contributed by atoms with Crippen LogP contribution in [0.4, 0.5) is 10.7 Å². The second-order valence-electron chi connectivity index (χ2n) is 6.53. The van der Waals surface area contributed by atoms with Gasteiger partial charge in [0.2, 0.25) is 0 Å². The van der Waals surface area contributed by atoms with Crippen LogP contribution in [0.2, 0.25) is 5.02 Å². The highest BCUT2D eigenvalue weighted by Crippen LogP contribution is 2.44. The molecule has 148 valence electrons. The molecule has 1 heterocycles. The minimum atomic E-state index is -0.582. The SMILES string of the molecule is CCOC(=O)c1c(NC(=O)c2ccc([N+](=O)[O-])cc2Cl)sc2c1C(C)CCC2. The van der Waals surface area contributed by atoms with Crippen molar-refractivity contribution < 1.29 is 19.2 Å². The van der Waals surface area contributed by atoms with E-state index in [1.165, 1.54) is 23.5 Å². The predicted molar refractivity (Wildman–Crippen MR) is 108 cm³/mol. The summed E-state index contributed by atoms with van der Waals surface area (Å²) in [4.78, 5) is 36.7.